The SMILES string of the molecule is c1ccc(-c2ccc(N(c3ccc4c(c3)N(c3ccccc3)c3ccccc3[Si]4(c3ccc4c(c3)oc3ccccc34)c3ccc4c(c3)oc3ccccc34)c3cccc4c3sc3ccccc34)cc2)cc1. The smallest absolute Gasteiger partial charge is 0.184 e. The highest BCUT2D eigenvalue weighted by atomic mass is 32.1. The number of rotatable bonds is 7. The predicted octanol–water partition coefficient (Wildman–Crippen LogP) is 16.2. The van der Waals surface area contributed by atoms with Crippen molar-refractivity contribution in [1.82, 2.24) is 0 Å². The molecule has 0 amide bonds. The molecule has 15 rings (SSSR count). The van der Waals surface area contributed by atoms with E-state index in [9.17, 15) is 0 Å². The van der Waals surface area contributed by atoms with Crippen LogP contribution in [0.2, 0.25) is 0 Å². The van der Waals surface area contributed by atoms with Crippen molar-refractivity contribution in [3.8, 4) is 11.1 Å². The van der Waals surface area contributed by atoms with E-state index < -0.39 is 8.07 Å². The van der Waals surface area contributed by atoms with Gasteiger partial charge in [0.15, 0.2) is 8.07 Å². The van der Waals surface area contributed by atoms with Crippen LogP contribution >= 0.6 is 11.3 Å². The van der Waals surface area contributed by atoms with Gasteiger partial charge in [0.1, 0.15) is 22.3 Å². The standard InChI is InChI=1S/C66H42N2O2SSi/c1-3-16-43(17-4-1)44-30-32-46(33-31-44)67(57-25-15-23-55-54-22-9-13-28-63(54)71-66(55)57)47-34-39-65-58(40-47)68(45-18-5-2-6-19-45)56-24-10-14-29-64(56)72(65,48-35-37-52-50-20-7-11-26-59(50)69-61(52)41-48)49-36-38-53-51-21-8-12-27-60(51)70-62(53)42-49/h1-42H. The van der Waals surface area contributed by atoms with Crippen molar-refractivity contribution in [2.45, 2.75) is 0 Å². The Morgan fingerprint density at radius 2 is 0.903 bits per heavy atom. The van der Waals surface area contributed by atoms with Gasteiger partial charge in [0.2, 0.25) is 0 Å². The zero-order chi connectivity index (χ0) is 47.3. The Hall–Kier alpha value is -8.94. The normalized spacial score (nSPS) is 13.1. The van der Waals surface area contributed by atoms with Gasteiger partial charge in [-0.15, -0.1) is 11.3 Å². The largest absolute Gasteiger partial charge is 0.456 e. The van der Waals surface area contributed by atoms with Crippen LogP contribution in [0.5, 0.6) is 0 Å². The lowest BCUT2D eigenvalue weighted by atomic mass is 10.0. The molecule has 14 aromatic rings. The van der Waals surface area contributed by atoms with E-state index in [0.29, 0.717) is 0 Å². The molecular formula is C66H42N2O2SSi. The van der Waals surface area contributed by atoms with E-state index in [2.05, 4.69) is 265 Å². The molecule has 0 saturated carbocycles. The molecule has 0 N–H and O–H groups in total. The fourth-order valence-electron chi connectivity index (χ4n) is 11.8. The molecule has 3 aromatic heterocycles. The molecule has 0 saturated heterocycles. The summed E-state index contributed by atoms with van der Waals surface area (Å²) in [4.78, 5) is 4.97. The third-order valence-corrected chi connectivity index (χ3v) is 21.0. The molecule has 6 heteroatoms. The van der Waals surface area contributed by atoms with E-state index in [-0.39, 0.29) is 0 Å². The Labute approximate surface area is 420 Å². The topological polar surface area (TPSA) is 32.8 Å². The average Bonchev–Trinajstić information content (AvgIpc) is 4.14. The Morgan fingerprint density at radius 3 is 1.61 bits per heavy atom. The Balaban J connectivity index is 1.04. The first-order chi connectivity index (χ1) is 35.7. The maximum atomic E-state index is 6.77. The number of fused-ring (bicyclic) bond motifs is 11. The van der Waals surface area contributed by atoms with Gasteiger partial charge in [-0.3, -0.25) is 0 Å². The first-order valence-corrected chi connectivity index (χ1v) is 27.3. The van der Waals surface area contributed by atoms with Gasteiger partial charge >= 0.3 is 0 Å². The minimum atomic E-state index is -3.29. The molecule has 0 fully saturated rings. The van der Waals surface area contributed by atoms with E-state index in [4.69, 9.17) is 8.83 Å². The summed E-state index contributed by atoms with van der Waals surface area (Å²) in [5, 5.41) is 12.0. The zero-order valence-electron chi connectivity index (χ0n) is 38.9. The van der Waals surface area contributed by atoms with Gasteiger partial charge in [-0.1, -0.05) is 176 Å². The van der Waals surface area contributed by atoms with E-state index in [1.807, 2.05) is 11.3 Å². The zero-order valence-corrected chi connectivity index (χ0v) is 40.7. The monoisotopic (exact) mass is 954 g/mol. The number of thiophene rings is 1. The molecule has 0 unspecified atom stereocenters. The van der Waals surface area contributed by atoms with Crippen LogP contribution in [0, 0.1) is 0 Å². The van der Waals surface area contributed by atoms with Gasteiger partial charge in [0, 0.05) is 65.5 Å². The van der Waals surface area contributed by atoms with Gasteiger partial charge in [-0.25, -0.2) is 0 Å². The number of anilines is 6. The van der Waals surface area contributed by atoms with Gasteiger partial charge in [0.05, 0.1) is 10.4 Å². The van der Waals surface area contributed by atoms with Crippen molar-refractivity contribution >= 4 is 138 Å². The van der Waals surface area contributed by atoms with Gasteiger partial charge in [0.25, 0.3) is 0 Å². The summed E-state index contributed by atoms with van der Waals surface area (Å²) in [6.07, 6.45) is 0. The molecule has 1 aliphatic rings. The summed E-state index contributed by atoms with van der Waals surface area (Å²) >= 11 is 1.86. The second kappa shape index (κ2) is 16.1. The number of hydrogen-bond donors (Lipinski definition) is 0. The lowest BCUT2D eigenvalue weighted by Crippen LogP contribution is -2.77. The molecule has 0 atom stereocenters. The summed E-state index contributed by atoms with van der Waals surface area (Å²) in [7, 11) is -3.29. The third kappa shape index (κ3) is 6.10. The maximum Gasteiger partial charge on any atom is 0.184 e. The first kappa shape index (κ1) is 40.9. The molecule has 338 valence electrons. The fourth-order valence-corrected chi connectivity index (χ4v) is 18.0. The highest BCUT2D eigenvalue weighted by Gasteiger charge is 2.49. The van der Waals surface area contributed by atoms with Gasteiger partial charge < -0.3 is 18.6 Å². The van der Waals surface area contributed by atoms with Crippen LogP contribution in [0.25, 0.3) is 75.2 Å². The maximum absolute atomic E-state index is 6.77. The molecular weight excluding hydrogens is 913 g/mol. The second-order valence-corrected chi connectivity index (χ2v) is 23.5. The van der Waals surface area contributed by atoms with Crippen molar-refractivity contribution < 1.29 is 8.83 Å². The lowest BCUT2D eigenvalue weighted by molar-refractivity contribution is 0.669. The van der Waals surface area contributed by atoms with Crippen LogP contribution in [0.15, 0.2) is 264 Å². The van der Waals surface area contributed by atoms with Crippen LogP contribution < -0.4 is 30.5 Å². The summed E-state index contributed by atoms with van der Waals surface area (Å²) in [6.45, 7) is 0. The second-order valence-electron chi connectivity index (χ2n) is 18.8. The average molecular weight is 955 g/mol. The van der Waals surface area contributed by atoms with Crippen LogP contribution in [0.1, 0.15) is 0 Å². The van der Waals surface area contributed by atoms with Crippen molar-refractivity contribution in [1.29, 1.82) is 0 Å². The lowest BCUT2D eigenvalue weighted by Gasteiger charge is -2.45. The van der Waals surface area contributed by atoms with Gasteiger partial charge in [-0.2, -0.15) is 0 Å². The summed E-state index contributed by atoms with van der Waals surface area (Å²) in [5.41, 5.74) is 12.6. The number of furan rings is 2. The first-order valence-electron chi connectivity index (χ1n) is 24.5. The fraction of sp³-hybridized carbons (Fsp3) is 0. The Morgan fingerprint density at radius 1 is 0.361 bits per heavy atom. The molecule has 0 bridgehead atoms. The third-order valence-electron chi connectivity index (χ3n) is 14.9. The van der Waals surface area contributed by atoms with E-state index >= 15 is 0 Å². The molecule has 1 aliphatic heterocycles. The van der Waals surface area contributed by atoms with E-state index in [1.165, 1.54) is 52.0 Å². The van der Waals surface area contributed by atoms with E-state index in [1.54, 1.807) is 0 Å². The van der Waals surface area contributed by atoms with Crippen LogP contribution in [-0.2, 0) is 0 Å². The van der Waals surface area contributed by atoms with Crippen molar-refractivity contribution in [3.63, 3.8) is 0 Å². The van der Waals surface area contributed by atoms with E-state index in [0.717, 1.165) is 78.0 Å². The molecule has 72 heavy (non-hydrogen) atoms. The molecule has 11 aromatic carbocycles. The number of benzene rings is 11. The molecule has 0 spiro atoms. The number of para-hydroxylation sites is 4. The molecule has 0 radical (unpaired) electrons. The summed E-state index contributed by atoms with van der Waals surface area (Å²) in [6, 6.07) is 93.3. The van der Waals surface area contributed by atoms with Crippen molar-refractivity contribution in [2.75, 3.05) is 9.80 Å². The molecule has 0 aliphatic carbocycles. The van der Waals surface area contributed by atoms with Gasteiger partial charge in [-0.05, 0) is 111 Å². The van der Waals surface area contributed by atoms with Crippen LogP contribution in [0.4, 0.5) is 34.1 Å². The minimum absolute atomic E-state index is 0.882. The molecule has 4 nitrogen and oxygen atoms in total. The molecule has 4 heterocycles. The quantitative estimate of drug-likeness (QED) is 0.149. The Bertz CT molecular complexity index is 4310. The van der Waals surface area contributed by atoms with Crippen molar-refractivity contribution in [2.24, 2.45) is 0 Å². The highest BCUT2D eigenvalue weighted by Crippen LogP contribution is 2.47. The minimum Gasteiger partial charge on any atom is -0.456 e. The predicted molar refractivity (Wildman–Crippen MR) is 306 cm³/mol. The van der Waals surface area contributed by atoms with Crippen molar-refractivity contribution in [3.05, 3.63) is 255 Å². The summed E-state index contributed by atoms with van der Waals surface area (Å²) < 4.78 is 16.1. The number of nitrogens with zero attached hydrogens (tertiary/aromatic N) is 2. The Kier molecular flexibility index (Phi) is 9.12. The van der Waals surface area contributed by atoms with Crippen LogP contribution in [-0.4, -0.2) is 8.07 Å². The highest BCUT2D eigenvalue weighted by molar-refractivity contribution is 7.26. The number of hydrogen-bond acceptors (Lipinski definition) is 5. The van der Waals surface area contributed by atoms with Crippen LogP contribution in [0.3, 0.4) is 0 Å². The summed E-state index contributed by atoms with van der Waals surface area (Å²) in [5.74, 6) is 0.